The van der Waals surface area contributed by atoms with E-state index in [1.165, 1.54) is 0 Å². The highest BCUT2D eigenvalue weighted by molar-refractivity contribution is 5.14. The van der Waals surface area contributed by atoms with Crippen LogP contribution in [0.2, 0.25) is 0 Å². The van der Waals surface area contributed by atoms with E-state index in [0.29, 0.717) is 13.1 Å². The van der Waals surface area contributed by atoms with Crippen LogP contribution in [-0.4, -0.2) is 42.9 Å². The van der Waals surface area contributed by atoms with Gasteiger partial charge in [-0.25, -0.2) is 0 Å². The van der Waals surface area contributed by atoms with E-state index < -0.39 is 11.8 Å². The molecule has 1 unspecified atom stereocenters. The molecule has 1 atom stereocenters. The van der Waals surface area contributed by atoms with Crippen LogP contribution in [0.25, 0.3) is 0 Å². The average molecular weight is 273 g/mol. The fraction of sp³-hybridized carbons (Fsp3) is 0.571. The van der Waals surface area contributed by atoms with E-state index in [-0.39, 0.29) is 13.2 Å². The monoisotopic (exact) mass is 273 g/mol. The van der Waals surface area contributed by atoms with Gasteiger partial charge in [0.05, 0.1) is 6.61 Å². The van der Waals surface area contributed by atoms with Crippen LogP contribution in [0.3, 0.4) is 0 Å². The van der Waals surface area contributed by atoms with Crippen LogP contribution in [0, 0.1) is 0 Å². The van der Waals surface area contributed by atoms with Crippen molar-refractivity contribution >= 4 is 0 Å². The quantitative estimate of drug-likeness (QED) is 0.839. The summed E-state index contributed by atoms with van der Waals surface area (Å²) in [7, 11) is 0. The molecule has 1 fully saturated rings. The molecule has 2 nitrogen and oxygen atoms in total. The van der Waals surface area contributed by atoms with Crippen molar-refractivity contribution in [1.82, 2.24) is 4.90 Å². The van der Waals surface area contributed by atoms with Gasteiger partial charge in [0.15, 0.2) is 5.60 Å². The first kappa shape index (κ1) is 14.3. The number of hydrogen-bond acceptors (Lipinski definition) is 2. The highest BCUT2D eigenvalue weighted by Gasteiger charge is 2.54. The van der Waals surface area contributed by atoms with E-state index in [1.807, 2.05) is 35.2 Å². The van der Waals surface area contributed by atoms with Gasteiger partial charge in [0.2, 0.25) is 0 Å². The maximum Gasteiger partial charge on any atom is 0.418 e. The van der Waals surface area contributed by atoms with Crippen LogP contribution in [0.1, 0.15) is 12.5 Å². The minimum Gasteiger partial charge on any atom is -0.363 e. The molecule has 1 aliphatic heterocycles. The highest BCUT2D eigenvalue weighted by atomic mass is 19.4. The standard InChI is InChI=1S/C14H18F3NO/c1-13(14(15,16)17)11-18(9-10-19-13)8-7-12-5-3-2-4-6-12/h2-6H,7-11H2,1H3. The number of nitrogens with zero attached hydrogens (tertiary/aromatic N) is 1. The molecule has 0 bridgehead atoms. The molecule has 5 heteroatoms. The third-order valence-corrected chi connectivity index (χ3v) is 3.51. The maximum atomic E-state index is 12.9. The lowest BCUT2D eigenvalue weighted by Crippen LogP contribution is -2.58. The van der Waals surface area contributed by atoms with Gasteiger partial charge in [-0.2, -0.15) is 13.2 Å². The Morgan fingerprint density at radius 3 is 2.58 bits per heavy atom. The molecule has 0 radical (unpaired) electrons. The number of rotatable bonds is 3. The highest BCUT2D eigenvalue weighted by Crippen LogP contribution is 2.35. The molecule has 2 rings (SSSR count). The zero-order valence-electron chi connectivity index (χ0n) is 10.9. The second kappa shape index (κ2) is 5.51. The Balaban J connectivity index is 1.92. The van der Waals surface area contributed by atoms with Crippen molar-refractivity contribution in [2.45, 2.75) is 25.1 Å². The first-order valence-corrected chi connectivity index (χ1v) is 6.38. The van der Waals surface area contributed by atoms with Crippen molar-refractivity contribution in [3.63, 3.8) is 0 Å². The van der Waals surface area contributed by atoms with Crippen molar-refractivity contribution in [2.24, 2.45) is 0 Å². The summed E-state index contributed by atoms with van der Waals surface area (Å²) >= 11 is 0. The Kier molecular flexibility index (Phi) is 4.16. The molecule has 106 valence electrons. The Labute approximate surface area is 111 Å². The summed E-state index contributed by atoms with van der Waals surface area (Å²) in [6, 6.07) is 9.79. The molecule has 19 heavy (non-hydrogen) atoms. The molecule has 1 aromatic carbocycles. The summed E-state index contributed by atoms with van der Waals surface area (Å²) in [5, 5.41) is 0. The number of halogens is 3. The molecular weight excluding hydrogens is 255 g/mol. The number of alkyl halides is 3. The molecule has 1 aromatic rings. The molecule has 0 amide bonds. The molecule has 1 aliphatic rings. The van der Waals surface area contributed by atoms with Crippen LogP contribution in [-0.2, 0) is 11.2 Å². The van der Waals surface area contributed by atoms with E-state index in [2.05, 4.69) is 0 Å². The lowest BCUT2D eigenvalue weighted by Gasteiger charge is -2.41. The van der Waals surface area contributed by atoms with E-state index in [1.54, 1.807) is 0 Å². The average Bonchev–Trinajstić information content (AvgIpc) is 2.37. The van der Waals surface area contributed by atoms with Crippen LogP contribution in [0.4, 0.5) is 13.2 Å². The van der Waals surface area contributed by atoms with Gasteiger partial charge in [0, 0.05) is 19.6 Å². The predicted molar refractivity (Wildman–Crippen MR) is 67.0 cm³/mol. The minimum atomic E-state index is -4.32. The summed E-state index contributed by atoms with van der Waals surface area (Å²) in [5.74, 6) is 0. The second-order valence-electron chi connectivity index (χ2n) is 5.09. The summed E-state index contributed by atoms with van der Waals surface area (Å²) in [5.41, 5.74) is -0.898. The number of hydrogen-bond donors (Lipinski definition) is 0. The second-order valence-corrected chi connectivity index (χ2v) is 5.09. The maximum absolute atomic E-state index is 12.9. The molecule has 1 saturated heterocycles. The van der Waals surface area contributed by atoms with Crippen LogP contribution < -0.4 is 0 Å². The zero-order chi connectivity index (χ0) is 13.9. The van der Waals surface area contributed by atoms with E-state index in [9.17, 15) is 13.2 Å². The Bertz CT molecular complexity index is 407. The Morgan fingerprint density at radius 1 is 1.26 bits per heavy atom. The molecular formula is C14H18F3NO. The van der Waals surface area contributed by atoms with Gasteiger partial charge in [-0.1, -0.05) is 30.3 Å². The third-order valence-electron chi connectivity index (χ3n) is 3.51. The topological polar surface area (TPSA) is 12.5 Å². The smallest absolute Gasteiger partial charge is 0.363 e. The van der Waals surface area contributed by atoms with E-state index in [0.717, 1.165) is 18.9 Å². The largest absolute Gasteiger partial charge is 0.418 e. The predicted octanol–water partition coefficient (Wildman–Crippen LogP) is 2.88. The first-order chi connectivity index (χ1) is 8.91. The number of ether oxygens (including phenoxy) is 1. The van der Waals surface area contributed by atoms with Crippen molar-refractivity contribution < 1.29 is 17.9 Å². The van der Waals surface area contributed by atoms with Gasteiger partial charge >= 0.3 is 6.18 Å². The molecule has 0 N–H and O–H groups in total. The summed E-state index contributed by atoms with van der Waals surface area (Å²) in [4.78, 5) is 1.82. The number of benzene rings is 1. The molecule has 1 heterocycles. The molecule has 0 aromatic heterocycles. The van der Waals surface area contributed by atoms with Gasteiger partial charge in [0.1, 0.15) is 0 Å². The third kappa shape index (κ3) is 3.48. The normalized spacial score (nSPS) is 25.5. The van der Waals surface area contributed by atoms with Gasteiger partial charge < -0.3 is 4.74 Å². The fourth-order valence-corrected chi connectivity index (χ4v) is 2.25. The zero-order valence-corrected chi connectivity index (χ0v) is 10.9. The van der Waals surface area contributed by atoms with Crippen molar-refractivity contribution in [3.05, 3.63) is 35.9 Å². The lowest BCUT2D eigenvalue weighted by molar-refractivity contribution is -0.288. The van der Waals surface area contributed by atoms with Crippen molar-refractivity contribution in [2.75, 3.05) is 26.2 Å². The SMILES string of the molecule is CC1(C(F)(F)F)CN(CCc2ccccc2)CCO1. The summed E-state index contributed by atoms with van der Waals surface area (Å²) in [6.07, 6.45) is -3.56. The van der Waals surface area contributed by atoms with Crippen molar-refractivity contribution in [3.8, 4) is 0 Å². The van der Waals surface area contributed by atoms with Crippen molar-refractivity contribution in [1.29, 1.82) is 0 Å². The number of morpholine rings is 1. The van der Waals surface area contributed by atoms with E-state index >= 15 is 0 Å². The molecule has 0 spiro atoms. The summed E-state index contributed by atoms with van der Waals surface area (Å²) < 4.78 is 43.7. The Morgan fingerprint density at radius 2 is 1.95 bits per heavy atom. The van der Waals surface area contributed by atoms with Crippen LogP contribution >= 0.6 is 0 Å². The Hall–Kier alpha value is -1.07. The lowest BCUT2D eigenvalue weighted by atomic mass is 10.0. The van der Waals surface area contributed by atoms with Crippen LogP contribution in [0.15, 0.2) is 30.3 Å². The van der Waals surface area contributed by atoms with Gasteiger partial charge in [-0.05, 0) is 18.9 Å². The minimum absolute atomic E-state index is 0.0939. The van der Waals surface area contributed by atoms with Gasteiger partial charge in [0.25, 0.3) is 0 Å². The van der Waals surface area contributed by atoms with Gasteiger partial charge in [-0.15, -0.1) is 0 Å². The molecule has 0 aliphatic carbocycles. The molecule has 0 saturated carbocycles. The summed E-state index contributed by atoms with van der Waals surface area (Å²) in [6.45, 7) is 2.34. The first-order valence-electron chi connectivity index (χ1n) is 6.38. The van der Waals surface area contributed by atoms with E-state index in [4.69, 9.17) is 4.74 Å². The fourth-order valence-electron chi connectivity index (χ4n) is 2.25. The van der Waals surface area contributed by atoms with Crippen LogP contribution in [0.5, 0.6) is 0 Å². The van der Waals surface area contributed by atoms with Gasteiger partial charge in [-0.3, -0.25) is 4.90 Å².